The van der Waals surface area contributed by atoms with Gasteiger partial charge in [-0.15, -0.1) is 0 Å². The topological polar surface area (TPSA) is 75.3 Å². The molecule has 2 rings (SSSR count). The molecule has 0 radical (unpaired) electrons. The Labute approximate surface area is 112 Å². The Kier molecular flexibility index (Phi) is 3.58. The predicted octanol–water partition coefficient (Wildman–Crippen LogP) is 1.94. The van der Waals surface area contributed by atoms with Crippen LogP contribution in [0.25, 0.3) is 0 Å². The number of nitrogens with one attached hydrogen (secondary N) is 2. The number of aryl methyl sites for hydroxylation is 1. The number of halogens is 1. The number of hydrogen-bond acceptors (Lipinski definition) is 4. The summed E-state index contributed by atoms with van der Waals surface area (Å²) in [4.78, 5) is 34.2. The van der Waals surface area contributed by atoms with Gasteiger partial charge in [-0.05, 0) is 30.3 Å². The zero-order chi connectivity index (χ0) is 13.3. The maximum absolute atomic E-state index is 11.9. The van der Waals surface area contributed by atoms with Crippen molar-refractivity contribution in [2.75, 3.05) is 5.32 Å². The van der Waals surface area contributed by atoms with E-state index in [9.17, 15) is 14.4 Å². The van der Waals surface area contributed by atoms with Crippen LogP contribution in [0.3, 0.4) is 0 Å². The van der Waals surface area contributed by atoms with Gasteiger partial charge in [-0.1, -0.05) is 23.7 Å². The van der Waals surface area contributed by atoms with Crippen molar-refractivity contribution >= 4 is 46.1 Å². The van der Waals surface area contributed by atoms with Crippen LogP contribution in [0.5, 0.6) is 0 Å². The van der Waals surface area contributed by atoms with Gasteiger partial charge in [-0.25, -0.2) is 0 Å². The minimum absolute atomic E-state index is 0.387. The Balaban J connectivity index is 2.17. The number of hydrogen-bond donors (Lipinski definition) is 2. The highest BCUT2D eigenvalue weighted by Crippen LogP contribution is 2.27. The highest BCUT2D eigenvalue weighted by atomic mass is 35.5. The molecule has 1 aliphatic rings. The fraction of sp³-hybridized carbons (Fsp3) is 0.182. The third-order valence-corrected chi connectivity index (χ3v) is 3.69. The van der Waals surface area contributed by atoms with Gasteiger partial charge >= 0.3 is 0 Å². The van der Waals surface area contributed by atoms with Gasteiger partial charge in [0, 0.05) is 0 Å². The van der Waals surface area contributed by atoms with Crippen LogP contribution >= 0.6 is 23.4 Å². The van der Waals surface area contributed by atoms with Gasteiger partial charge in [-0.3, -0.25) is 19.7 Å². The lowest BCUT2D eigenvalue weighted by Gasteiger charge is -2.11. The Hall–Kier alpha value is -1.53. The first-order valence-corrected chi connectivity index (χ1v) is 6.32. The molecule has 0 saturated carbocycles. The molecule has 0 aromatic heterocycles. The molecule has 1 atom stereocenters. The average molecular weight is 285 g/mol. The van der Waals surface area contributed by atoms with Gasteiger partial charge in [0.25, 0.3) is 11.1 Å². The van der Waals surface area contributed by atoms with E-state index in [2.05, 4.69) is 10.6 Å². The maximum Gasteiger partial charge on any atom is 0.286 e. The Bertz CT molecular complexity index is 527. The van der Waals surface area contributed by atoms with E-state index in [1.54, 1.807) is 25.1 Å². The number of para-hydroxylation sites is 1. The molecule has 1 aliphatic heterocycles. The highest BCUT2D eigenvalue weighted by molar-refractivity contribution is 8.16. The van der Waals surface area contributed by atoms with Crippen LogP contribution in [0, 0.1) is 6.92 Å². The fourth-order valence-corrected chi connectivity index (χ4v) is 2.48. The lowest BCUT2D eigenvalue weighted by molar-refractivity contribution is -0.124. The number of thioether (sulfide) groups is 1. The summed E-state index contributed by atoms with van der Waals surface area (Å²) in [5.41, 5.74) is 1.24. The fourth-order valence-electron chi connectivity index (χ4n) is 1.51. The van der Waals surface area contributed by atoms with Gasteiger partial charge in [0.1, 0.15) is 0 Å². The maximum atomic E-state index is 11.9. The normalized spacial score (nSPS) is 18.7. The molecule has 1 unspecified atom stereocenters. The lowest BCUT2D eigenvalue weighted by Crippen LogP contribution is -2.34. The number of benzene rings is 1. The number of anilines is 1. The Morgan fingerprint density at radius 2 is 2.17 bits per heavy atom. The van der Waals surface area contributed by atoms with Gasteiger partial charge in [0.2, 0.25) is 5.91 Å². The Morgan fingerprint density at radius 3 is 2.72 bits per heavy atom. The quantitative estimate of drug-likeness (QED) is 0.814. The molecule has 0 aliphatic carbocycles. The summed E-state index contributed by atoms with van der Waals surface area (Å²) in [5, 5.41) is 3.43. The molecule has 18 heavy (non-hydrogen) atoms. The molecular weight excluding hydrogens is 276 g/mol. The van der Waals surface area contributed by atoms with Crippen LogP contribution in [0.15, 0.2) is 18.2 Å². The highest BCUT2D eigenvalue weighted by Gasteiger charge is 2.37. The first-order valence-electron chi connectivity index (χ1n) is 5.06. The molecule has 0 bridgehead atoms. The van der Waals surface area contributed by atoms with E-state index in [1.807, 2.05) is 0 Å². The first-order chi connectivity index (χ1) is 8.49. The molecule has 1 aromatic rings. The van der Waals surface area contributed by atoms with E-state index in [4.69, 9.17) is 11.6 Å². The van der Waals surface area contributed by atoms with Crippen molar-refractivity contribution < 1.29 is 14.4 Å². The summed E-state index contributed by atoms with van der Waals surface area (Å²) in [7, 11) is 0. The molecule has 94 valence electrons. The van der Waals surface area contributed by atoms with Crippen LogP contribution < -0.4 is 10.6 Å². The number of carbonyl (C=O) groups is 3. The summed E-state index contributed by atoms with van der Waals surface area (Å²) in [6.45, 7) is 1.79. The number of amides is 3. The minimum atomic E-state index is -1.06. The second-order valence-electron chi connectivity index (χ2n) is 3.70. The predicted molar refractivity (Wildman–Crippen MR) is 69.7 cm³/mol. The number of imide groups is 1. The average Bonchev–Trinajstić information content (AvgIpc) is 2.63. The monoisotopic (exact) mass is 284 g/mol. The second kappa shape index (κ2) is 4.99. The van der Waals surface area contributed by atoms with Crippen LogP contribution in [-0.4, -0.2) is 22.3 Å². The van der Waals surface area contributed by atoms with Crippen molar-refractivity contribution in [1.29, 1.82) is 0 Å². The van der Waals surface area contributed by atoms with Crippen molar-refractivity contribution in [2.24, 2.45) is 0 Å². The molecule has 1 saturated heterocycles. The van der Waals surface area contributed by atoms with Crippen LogP contribution in [0.1, 0.15) is 5.56 Å². The second-order valence-corrected chi connectivity index (χ2v) is 5.18. The molecule has 2 N–H and O–H groups in total. The van der Waals surface area contributed by atoms with Crippen molar-refractivity contribution in [2.45, 2.75) is 12.2 Å². The zero-order valence-electron chi connectivity index (χ0n) is 9.32. The van der Waals surface area contributed by atoms with E-state index in [1.165, 1.54) is 0 Å². The third kappa shape index (κ3) is 2.49. The van der Waals surface area contributed by atoms with E-state index in [0.29, 0.717) is 22.5 Å². The summed E-state index contributed by atoms with van der Waals surface area (Å²) < 4.78 is 0. The summed E-state index contributed by atoms with van der Waals surface area (Å²) >= 11 is 6.61. The van der Waals surface area contributed by atoms with Crippen LogP contribution in [0.2, 0.25) is 5.02 Å². The third-order valence-electron chi connectivity index (χ3n) is 2.40. The van der Waals surface area contributed by atoms with Gasteiger partial charge in [0.05, 0.1) is 10.7 Å². The molecular formula is C11H9ClN2O3S. The molecule has 5 nitrogen and oxygen atoms in total. The lowest BCUT2D eigenvalue weighted by atomic mass is 10.2. The molecule has 1 heterocycles. The summed E-state index contributed by atoms with van der Waals surface area (Å²) in [6, 6.07) is 5.18. The smallest absolute Gasteiger partial charge is 0.286 e. The standard InChI is InChI=1S/C11H9ClN2O3S/c1-5-3-2-4-6(12)7(5)13-9(15)8-10(16)14-11(17)18-8/h2-4,8H,1H3,(H,13,15)(H,14,16,17). The summed E-state index contributed by atoms with van der Waals surface area (Å²) in [5.74, 6) is -1.16. The first kappa shape index (κ1) is 12.9. The van der Waals surface area contributed by atoms with Gasteiger partial charge in [0.15, 0.2) is 5.25 Å². The Morgan fingerprint density at radius 1 is 1.44 bits per heavy atom. The van der Waals surface area contributed by atoms with Crippen molar-refractivity contribution in [3.63, 3.8) is 0 Å². The number of carbonyl (C=O) groups excluding carboxylic acids is 3. The minimum Gasteiger partial charge on any atom is -0.323 e. The van der Waals surface area contributed by atoms with E-state index >= 15 is 0 Å². The van der Waals surface area contributed by atoms with Crippen molar-refractivity contribution in [1.82, 2.24) is 5.32 Å². The zero-order valence-corrected chi connectivity index (χ0v) is 10.9. The molecule has 0 spiro atoms. The largest absolute Gasteiger partial charge is 0.323 e. The van der Waals surface area contributed by atoms with Crippen LogP contribution in [-0.2, 0) is 9.59 Å². The van der Waals surface area contributed by atoms with E-state index in [-0.39, 0.29) is 0 Å². The molecule has 1 aromatic carbocycles. The molecule has 1 fully saturated rings. The number of rotatable bonds is 2. The summed E-state index contributed by atoms with van der Waals surface area (Å²) in [6.07, 6.45) is 0. The SMILES string of the molecule is Cc1cccc(Cl)c1NC(=O)C1SC(=O)NC1=O. The molecule has 3 amide bonds. The van der Waals surface area contributed by atoms with Crippen molar-refractivity contribution in [3.05, 3.63) is 28.8 Å². The van der Waals surface area contributed by atoms with Crippen molar-refractivity contribution in [3.8, 4) is 0 Å². The van der Waals surface area contributed by atoms with E-state index < -0.39 is 22.3 Å². The van der Waals surface area contributed by atoms with E-state index in [0.717, 1.165) is 5.56 Å². The molecule has 7 heteroatoms. The van der Waals surface area contributed by atoms with Crippen LogP contribution in [0.4, 0.5) is 10.5 Å². The van der Waals surface area contributed by atoms with Gasteiger partial charge in [-0.2, -0.15) is 0 Å². The van der Waals surface area contributed by atoms with Gasteiger partial charge < -0.3 is 5.32 Å².